The van der Waals surface area contributed by atoms with E-state index in [4.69, 9.17) is 37.9 Å². The maximum Gasteiger partial charge on any atom is 0.328 e. The largest absolute Gasteiger partial charge is 0.496 e. The van der Waals surface area contributed by atoms with Crippen molar-refractivity contribution in [1.82, 2.24) is 31.6 Å². The fourth-order valence-corrected chi connectivity index (χ4v) is 9.67. The molecule has 21 nitrogen and oxygen atoms in total. The Morgan fingerprint density at radius 2 is 1.32 bits per heavy atom. The summed E-state index contributed by atoms with van der Waals surface area (Å²) in [6.45, 7) is 19.4. The first-order valence-electron chi connectivity index (χ1n) is 27.0. The third-order valence-electron chi connectivity index (χ3n) is 13.0. The Labute approximate surface area is 468 Å². The van der Waals surface area contributed by atoms with Gasteiger partial charge in [-0.25, -0.2) is 4.79 Å². The number of ether oxygens (including phenoxy) is 8. The molecule has 0 saturated carbocycles. The molecule has 0 unspecified atom stereocenters. The van der Waals surface area contributed by atoms with E-state index in [1.165, 1.54) is 14.2 Å². The van der Waals surface area contributed by atoms with Gasteiger partial charge in [0.15, 0.2) is 12.1 Å². The highest BCUT2D eigenvalue weighted by atomic mass is 16.8. The van der Waals surface area contributed by atoms with E-state index in [1.807, 2.05) is 46.8 Å². The molecule has 0 bridgehead atoms. The Bertz CT molecular complexity index is 2760. The molecule has 2 aliphatic heterocycles. The van der Waals surface area contributed by atoms with Gasteiger partial charge in [0.2, 0.25) is 29.5 Å². The first kappa shape index (κ1) is 62.3. The summed E-state index contributed by atoms with van der Waals surface area (Å²) in [5.41, 5.74) is 1.17. The highest BCUT2D eigenvalue weighted by molar-refractivity contribution is 5.99. The van der Waals surface area contributed by atoms with Gasteiger partial charge < -0.3 is 69.8 Å². The number of esters is 1. The molecule has 4 aromatic rings. The van der Waals surface area contributed by atoms with Crippen molar-refractivity contribution in [2.45, 2.75) is 173 Å². The van der Waals surface area contributed by atoms with Crippen LogP contribution in [0.4, 0.5) is 5.69 Å². The number of nitrogens with one attached hydrogen (secondary N) is 6. The Morgan fingerprint density at radius 3 is 1.95 bits per heavy atom. The molecule has 0 aliphatic carbocycles. The van der Waals surface area contributed by atoms with Crippen molar-refractivity contribution in [2.24, 2.45) is 5.92 Å². The summed E-state index contributed by atoms with van der Waals surface area (Å²) >= 11 is 0. The van der Waals surface area contributed by atoms with Crippen LogP contribution in [-0.2, 0) is 70.0 Å². The topological polar surface area (TPSA) is 261 Å². The number of anilines is 1. The van der Waals surface area contributed by atoms with Crippen LogP contribution in [0.3, 0.4) is 0 Å². The number of nitrogens with zero attached hydrogens (tertiary/aromatic N) is 1. The standard InChI is InChI=1S/C59H81N7O14/c1-33(2)29-40(64-54(71)47(48-49-50(56(75-14)76-48)80-59(10,11)79-49)62-39-26-27-43(73-12)38-21-18-28-60-46(38)39)52(69)63-41(30-35-19-16-15-17-20-35)51(68)61-32-44(67)66-45(34(3)77-57(4,5)6)53(70)65-42(55(72)74-13)31-36-22-24-37(25-23-36)78-58(7,8)9/h15-28,33-34,40-42,45,47-50,56,62H,29-32H2,1-14H3,(H,61,68)(H,63,69)(H,64,71)(H,65,70)(H,66,67)/t34-,40-,41-,42-,45+,47-,48+,49+,50+,56+/m0/s1. The number of carbonyl (C=O) groups is 6. The molecule has 80 heavy (non-hydrogen) atoms. The Morgan fingerprint density at radius 1 is 0.688 bits per heavy atom. The summed E-state index contributed by atoms with van der Waals surface area (Å²) in [5, 5.41) is 17.9. The second kappa shape index (κ2) is 27.0. The van der Waals surface area contributed by atoms with Crippen LogP contribution < -0.4 is 41.4 Å². The van der Waals surface area contributed by atoms with Gasteiger partial charge in [-0.2, -0.15) is 0 Å². The second-order valence-electron chi connectivity index (χ2n) is 22.9. The van der Waals surface area contributed by atoms with Gasteiger partial charge in [0, 0.05) is 31.5 Å². The van der Waals surface area contributed by atoms with E-state index in [9.17, 15) is 24.0 Å². The van der Waals surface area contributed by atoms with Crippen LogP contribution in [0.25, 0.3) is 10.9 Å². The number of amides is 5. The number of hydrogen-bond acceptors (Lipinski definition) is 16. The van der Waals surface area contributed by atoms with Crippen LogP contribution >= 0.6 is 0 Å². The van der Waals surface area contributed by atoms with E-state index in [0.717, 1.165) is 0 Å². The smallest absolute Gasteiger partial charge is 0.328 e. The lowest BCUT2D eigenvalue weighted by atomic mass is 9.98. The predicted molar refractivity (Wildman–Crippen MR) is 298 cm³/mol. The molecule has 10 atom stereocenters. The number of carbonyl (C=O) groups excluding carboxylic acids is 6. The summed E-state index contributed by atoms with van der Waals surface area (Å²) in [7, 11) is 4.23. The van der Waals surface area contributed by atoms with E-state index in [1.54, 1.807) is 122 Å². The first-order chi connectivity index (χ1) is 37.7. The van der Waals surface area contributed by atoms with Crippen LogP contribution in [0.5, 0.6) is 11.5 Å². The highest BCUT2D eigenvalue weighted by Gasteiger charge is 2.59. The molecule has 6 N–H and O–H groups in total. The molecule has 21 heteroatoms. The van der Waals surface area contributed by atoms with Gasteiger partial charge in [0.1, 0.15) is 65.6 Å². The van der Waals surface area contributed by atoms with Crippen LogP contribution in [0.15, 0.2) is 85.1 Å². The summed E-state index contributed by atoms with van der Waals surface area (Å²) in [4.78, 5) is 89.8. The highest BCUT2D eigenvalue weighted by Crippen LogP contribution is 2.41. The minimum atomic E-state index is -1.35. The quantitative estimate of drug-likeness (QED) is 0.0474. The Balaban J connectivity index is 1.21. The SMILES string of the molecule is COC(=O)[C@H](Cc1ccc(OC(C)(C)C)cc1)NC(=O)[C@H](NC(=O)CNC(=O)[C@H](Cc1ccccc1)NC(=O)[C@H](CC(C)C)NC(=O)[C@@H](Nc1ccc(OC)c2cccnc12)[C@H]1O[C@@H](OC)[C@@H]2OC(C)(C)O[C@@H]21)[C@H](C)OC(C)(C)C. The van der Waals surface area contributed by atoms with E-state index in [0.29, 0.717) is 39.2 Å². The Hall–Kier alpha value is -6.91. The monoisotopic (exact) mass is 1110 g/mol. The van der Waals surface area contributed by atoms with Crippen molar-refractivity contribution >= 4 is 52.1 Å². The van der Waals surface area contributed by atoms with Crippen molar-refractivity contribution in [1.29, 1.82) is 0 Å². The molecule has 0 radical (unpaired) electrons. The lowest BCUT2D eigenvalue weighted by Gasteiger charge is -2.32. The Kier molecular flexibility index (Phi) is 21.0. The number of hydrogen-bond donors (Lipinski definition) is 6. The zero-order valence-corrected chi connectivity index (χ0v) is 48.4. The van der Waals surface area contributed by atoms with Crippen LogP contribution in [0.1, 0.15) is 93.7 Å². The van der Waals surface area contributed by atoms with Gasteiger partial charge in [-0.1, -0.05) is 56.3 Å². The number of fused-ring (bicyclic) bond motifs is 2. The molecule has 6 rings (SSSR count). The molecule has 3 aromatic carbocycles. The van der Waals surface area contributed by atoms with E-state index < -0.39 is 120 Å². The van der Waals surface area contributed by atoms with Gasteiger partial charge in [-0.05, 0) is 122 Å². The van der Waals surface area contributed by atoms with Crippen LogP contribution in [-0.4, -0.2) is 146 Å². The first-order valence-corrected chi connectivity index (χ1v) is 27.0. The van der Waals surface area contributed by atoms with Crippen molar-refractivity contribution in [3.8, 4) is 11.5 Å². The number of benzene rings is 3. The molecule has 1 aromatic heterocycles. The molecule has 436 valence electrons. The van der Waals surface area contributed by atoms with Crippen LogP contribution in [0, 0.1) is 5.92 Å². The van der Waals surface area contributed by atoms with Gasteiger partial charge in [-0.3, -0.25) is 29.0 Å². The minimum absolute atomic E-state index is 0.00262. The molecular formula is C59H81N7O14. The molecule has 2 fully saturated rings. The molecule has 2 aliphatic rings. The zero-order chi connectivity index (χ0) is 58.7. The average Bonchev–Trinajstić information content (AvgIpc) is 3.92. The van der Waals surface area contributed by atoms with Crippen molar-refractivity contribution < 1.29 is 66.7 Å². The van der Waals surface area contributed by atoms with Crippen molar-refractivity contribution in [3.05, 3.63) is 96.2 Å². The normalized spacial score (nSPS) is 20.0. The zero-order valence-electron chi connectivity index (χ0n) is 48.4. The maximum atomic E-state index is 15.0. The van der Waals surface area contributed by atoms with Gasteiger partial charge in [0.25, 0.3) is 0 Å². The van der Waals surface area contributed by atoms with E-state index in [2.05, 4.69) is 36.9 Å². The summed E-state index contributed by atoms with van der Waals surface area (Å²) in [5.74, 6) is -4.26. The summed E-state index contributed by atoms with van der Waals surface area (Å²) in [6.07, 6.45) is -2.52. The molecule has 3 heterocycles. The van der Waals surface area contributed by atoms with Gasteiger partial charge in [0.05, 0.1) is 43.7 Å². The molecule has 0 spiro atoms. The van der Waals surface area contributed by atoms with Crippen molar-refractivity contribution in [2.75, 3.05) is 33.2 Å². The van der Waals surface area contributed by atoms with Gasteiger partial charge >= 0.3 is 5.97 Å². The second-order valence-corrected chi connectivity index (χ2v) is 22.9. The minimum Gasteiger partial charge on any atom is -0.496 e. The fourth-order valence-electron chi connectivity index (χ4n) is 9.67. The maximum absolute atomic E-state index is 15.0. The van der Waals surface area contributed by atoms with E-state index >= 15 is 4.79 Å². The lowest BCUT2D eigenvalue weighted by molar-refractivity contribution is -0.228. The number of rotatable bonds is 25. The lowest BCUT2D eigenvalue weighted by Crippen LogP contribution is -2.60. The summed E-state index contributed by atoms with van der Waals surface area (Å²) in [6, 6.07) is 17.0. The van der Waals surface area contributed by atoms with Crippen molar-refractivity contribution in [3.63, 3.8) is 0 Å². The third-order valence-corrected chi connectivity index (χ3v) is 13.0. The average molecular weight is 1110 g/mol. The number of methoxy groups -OCH3 is 3. The third kappa shape index (κ3) is 17.3. The number of aromatic nitrogens is 1. The van der Waals surface area contributed by atoms with Gasteiger partial charge in [-0.15, -0.1) is 0 Å². The fraction of sp³-hybridized carbons (Fsp3) is 0.542. The molecule has 5 amide bonds. The predicted octanol–water partition coefficient (Wildman–Crippen LogP) is 5.06. The molecule has 2 saturated heterocycles. The molecular weight excluding hydrogens is 1030 g/mol. The van der Waals surface area contributed by atoms with E-state index in [-0.39, 0.29) is 25.2 Å². The number of pyridine rings is 1. The summed E-state index contributed by atoms with van der Waals surface area (Å²) < 4.78 is 47.3. The van der Waals surface area contributed by atoms with Crippen LogP contribution in [0.2, 0.25) is 0 Å².